The summed E-state index contributed by atoms with van der Waals surface area (Å²) in [6.45, 7) is -0.420. The molecular formula is C26H27ClN2O5S. The van der Waals surface area contributed by atoms with Crippen molar-refractivity contribution in [2.75, 3.05) is 23.3 Å². The van der Waals surface area contributed by atoms with Gasteiger partial charge < -0.3 is 14.8 Å². The first kappa shape index (κ1) is 24.9. The number of carbonyl (C=O) groups excluding carboxylic acids is 1. The molecule has 0 spiro atoms. The fourth-order valence-electron chi connectivity index (χ4n) is 3.94. The highest BCUT2D eigenvalue weighted by atomic mass is 35.5. The molecule has 0 aliphatic heterocycles. The molecule has 7 nitrogen and oxygen atoms in total. The second kappa shape index (κ2) is 11.0. The molecule has 1 aliphatic rings. The van der Waals surface area contributed by atoms with Crippen LogP contribution < -0.4 is 19.1 Å². The molecule has 1 fully saturated rings. The lowest BCUT2D eigenvalue weighted by molar-refractivity contribution is -0.114. The van der Waals surface area contributed by atoms with Crippen molar-refractivity contribution in [2.45, 2.75) is 36.7 Å². The van der Waals surface area contributed by atoms with Crippen molar-refractivity contribution in [3.05, 3.63) is 77.8 Å². The van der Waals surface area contributed by atoms with Gasteiger partial charge in [-0.1, -0.05) is 11.6 Å². The maximum atomic E-state index is 13.5. The molecule has 1 aliphatic carbocycles. The summed E-state index contributed by atoms with van der Waals surface area (Å²) in [6.07, 6.45) is 4.72. The zero-order chi connectivity index (χ0) is 24.8. The van der Waals surface area contributed by atoms with Crippen LogP contribution in [0.5, 0.6) is 11.5 Å². The minimum absolute atomic E-state index is 0.0365. The largest absolute Gasteiger partial charge is 0.497 e. The molecule has 0 radical (unpaired) electrons. The third-order valence-electron chi connectivity index (χ3n) is 5.79. The van der Waals surface area contributed by atoms with Gasteiger partial charge in [-0.05, 0) is 98.5 Å². The number of nitrogens with one attached hydrogen (secondary N) is 1. The lowest BCUT2D eigenvalue weighted by Gasteiger charge is -2.24. The van der Waals surface area contributed by atoms with Crippen LogP contribution in [0.25, 0.3) is 0 Å². The summed E-state index contributed by atoms with van der Waals surface area (Å²) in [5, 5.41) is 3.23. The van der Waals surface area contributed by atoms with Crippen LogP contribution in [-0.4, -0.2) is 34.1 Å². The molecule has 4 rings (SSSR count). The molecule has 1 saturated carbocycles. The summed E-state index contributed by atoms with van der Waals surface area (Å²) < 4.78 is 39.1. The van der Waals surface area contributed by atoms with Crippen LogP contribution in [-0.2, 0) is 14.8 Å². The first-order valence-electron chi connectivity index (χ1n) is 11.3. The molecule has 0 bridgehead atoms. The van der Waals surface area contributed by atoms with E-state index in [1.807, 2.05) is 0 Å². The summed E-state index contributed by atoms with van der Waals surface area (Å²) >= 11 is 5.99. The predicted octanol–water partition coefficient (Wildman–Crippen LogP) is 5.50. The van der Waals surface area contributed by atoms with Gasteiger partial charge in [0.15, 0.2) is 0 Å². The van der Waals surface area contributed by atoms with Gasteiger partial charge in [0.25, 0.3) is 10.0 Å². The van der Waals surface area contributed by atoms with E-state index in [4.69, 9.17) is 21.1 Å². The number of carbonyl (C=O) groups is 1. The van der Waals surface area contributed by atoms with Gasteiger partial charge in [0.2, 0.25) is 5.91 Å². The average molecular weight is 515 g/mol. The second-order valence-corrected chi connectivity index (χ2v) is 10.6. The number of sulfonamides is 1. The lowest BCUT2D eigenvalue weighted by Crippen LogP contribution is -2.38. The number of amides is 1. The summed E-state index contributed by atoms with van der Waals surface area (Å²) in [6, 6.07) is 19.4. The highest BCUT2D eigenvalue weighted by Gasteiger charge is 2.27. The first-order valence-corrected chi connectivity index (χ1v) is 13.2. The van der Waals surface area contributed by atoms with Crippen molar-refractivity contribution in [2.24, 2.45) is 0 Å². The summed E-state index contributed by atoms with van der Waals surface area (Å²) in [4.78, 5) is 12.9. The van der Waals surface area contributed by atoms with Crippen molar-refractivity contribution in [3.8, 4) is 11.5 Å². The van der Waals surface area contributed by atoms with Crippen LogP contribution in [0.4, 0.5) is 11.4 Å². The smallest absolute Gasteiger partial charge is 0.264 e. The minimum atomic E-state index is -4.05. The SMILES string of the molecule is COc1ccc(S(=O)(=O)N(CC(=O)Nc2ccc(OC3CCCC3)cc2)c2ccc(Cl)cc2)cc1. The third-order valence-corrected chi connectivity index (χ3v) is 7.83. The molecule has 0 atom stereocenters. The van der Waals surface area contributed by atoms with E-state index in [9.17, 15) is 13.2 Å². The van der Waals surface area contributed by atoms with E-state index < -0.39 is 22.5 Å². The Morgan fingerprint density at radius 2 is 1.54 bits per heavy atom. The van der Waals surface area contributed by atoms with Crippen LogP contribution in [0, 0.1) is 0 Å². The van der Waals surface area contributed by atoms with Crippen LogP contribution >= 0.6 is 11.6 Å². The fourth-order valence-corrected chi connectivity index (χ4v) is 5.49. The van der Waals surface area contributed by atoms with Gasteiger partial charge in [0.05, 0.1) is 23.8 Å². The van der Waals surface area contributed by atoms with Crippen molar-refractivity contribution >= 4 is 38.9 Å². The predicted molar refractivity (Wildman–Crippen MR) is 137 cm³/mol. The highest BCUT2D eigenvalue weighted by Crippen LogP contribution is 2.27. The zero-order valence-corrected chi connectivity index (χ0v) is 20.9. The number of halogens is 1. The number of methoxy groups -OCH3 is 1. The Labute approximate surface area is 210 Å². The molecule has 35 heavy (non-hydrogen) atoms. The number of benzene rings is 3. The Kier molecular flexibility index (Phi) is 7.83. The standard InChI is InChI=1S/C26H27ClN2O5S/c1-33-22-14-16-25(17-15-22)35(31,32)29(21-10-6-19(27)7-11-21)18-26(30)28-20-8-12-24(13-9-20)34-23-4-2-3-5-23/h6-17,23H,2-5,18H2,1H3,(H,28,30). The first-order chi connectivity index (χ1) is 16.8. The van der Waals surface area contributed by atoms with Gasteiger partial charge in [0.1, 0.15) is 18.0 Å². The van der Waals surface area contributed by atoms with E-state index in [2.05, 4.69) is 5.32 Å². The highest BCUT2D eigenvalue weighted by molar-refractivity contribution is 7.92. The topological polar surface area (TPSA) is 84.9 Å². The van der Waals surface area contributed by atoms with Gasteiger partial charge in [0, 0.05) is 10.7 Å². The molecule has 0 unspecified atom stereocenters. The lowest BCUT2D eigenvalue weighted by atomic mass is 10.2. The summed E-state index contributed by atoms with van der Waals surface area (Å²) in [5.74, 6) is 0.793. The van der Waals surface area contributed by atoms with E-state index in [1.165, 1.54) is 32.1 Å². The van der Waals surface area contributed by atoms with E-state index in [-0.39, 0.29) is 11.0 Å². The van der Waals surface area contributed by atoms with Crippen LogP contribution in [0.15, 0.2) is 77.7 Å². The Bertz CT molecular complexity index is 1240. The molecule has 0 saturated heterocycles. The monoisotopic (exact) mass is 514 g/mol. The Balaban J connectivity index is 1.51. The Hall–Kier alpha value is -3.23. The molecule has 3 aromatic carbocycles. The van der Waals surface area contributed by atoms with Crippen LogP contribution in [0.3, 0.4) is 0 Å². The van der Waals surface area contributed by atoms with E-state index in [0.717, 1.165) is 22.9 Å². The molecule has 184 valence electrons. The summed E-state index contributed by atoms with van der Waals surface area (Å²) in [5.41, 5.74) is 0.868. The number of hydrogen-bond acceptors (Lipinski definition) is 5. The second-order valence-electron chi connectivity index (χ2n) is 8.26. The van der Waals surface area contributed by atoms with Crippen LogP contribution in [0.1, 0.15) is 25.7 Å². The molecule has 1 amide bonds. The van der Waals surface area contributed by atoms with E-state index >= 15 is 0 Å². The van der Waals surface area contributed by atoms with Crippen molar-refractivity contribution in [1.29, 1.82) is 0 Å². The average Bonchev–Trinajstić information content (AvgIpc) is 3.37. The molecule has 0 aromatic heterocycles. The zero-order valence-electron chi connectivity index (χ0n) is 19.3. The molecule has 0 heterocycles. The number of hydrogen-bond donors (Lipinski definition) is 1. The normalized spacial score (nSPS) is 13.9. The molecule has 9 heteroatoms. The molecule has 3 aromatic rings. The van der Waals surface area contributed by atoms with Crippen molar-refractivity contribution < 1.29 is 22.7 Å². The van der Waals surface area contributed by atoms with E-state index in [0.29, 0.717) is 22.1 Å². The minimum Gasteiger partial charge on any atom is -0.497 e. The van der Waals surface area contributed by atoms with Gasteiger partial charge in [-0.25, -0.2) is 8.42 Å². The number of nitrogens with zero attached hydrogens (tertiary/aromatic N) is 1. The van der Waals surface area contributed by atoms with Crippen LogP contribution in [0.2, 0.25) is 5.02 Å². The maximum absolute atomic E-state index is 13.5. The number of ether oxygens (including phenoxy) is 2. The Morgan fingerprint density at radius 1 is 0.943 bits per heavy atom. The third kappa shape index (κ3) is 6.26. The van der Waals surface area contributed by atoms with Crippen molar-refractivity contribution in [1.82, 2.24) is 0 Å². The molecule has 1 N–H and O–H groups in total. The van der Waals surface area contributed by atoms with Gasteiger partial charge in [-0.3, -0.25) is 9.10 Å². The maximum Gasteiger partial charge on any atom is 0.264 e. The van der Waals surface area contributed by atoms with Gasteiger partial charge >= 0.3 is 0 Å². The summed E-state index contributed by atoms with van der Waals surface area (Å²) in [7, 11) is -2.54. The van der Waals surface area contributed by atoms with Gasteiger partial charge in [-0.15, -0.1) is 0 Å². The quantitative estimate of drug-likeness (QED) is 0.407. The fraction of sp³-hybridized carbons (Fsp3) is 0.269. The van der Waals surface area contributed by atoms with Gasteiger partial charge in [-0.2, -0.15) is 0 Å². The number of anilines is 2. The Morgan fingerprint density at radius 3 is 2.14 bits per heavy atom. The number of rotatable bonds is 9. The van der Waals surface area contributed by atoms with E-state index in [1.54, 1.807) is 60.7 Å². The van der Waals surface area contributed by atoms with Crippen molar-refractivity contribution in [3.63, 3.8) is 0 Å². The molecular weight excluding hydrogens is 488 g/mol.